The highest BCUT2D eigenvalue weighted by molar-refractivity contribution is 6.00. The van der Waals surface area contributed by atoms with Crippen molar-refractivity contribution in [1.29, 1.82) is 0 Å². The molecular formula is C38H44O6. The van der Waals surface area contributed by atoms with Crippen molar-refractivity contribution in [2.24, 2.45) is 0 Å². The molecule has 44 heavy (non-hydrogen) atoms. The van der Waals surface area contributed by atoms with E-state index in [0.29, 0.717) is 24.7 Å². The van der Waals surface area contributed by atoms with E-state index in [1.807, 2.05) is 50.3 Å². The third-order valence-corrected chi connectivity index (χ3v) is 7.97. The molecule has 2 aliphatic heterocycles. The van der Waals surface area contributed by atoms with Gasteiger partial charge < -0.3 is 18.9 Å². The van der Waals surface area contributed by atoms with Crippen LogP contribution in [0.25, 0.3) is 11.1 Å². The molecule has 2 aromatic rings. The van der Waals surface area contributed by atoms with Crippen LogP contribution in [0.4, 0.5) is 0 Å². The van der Waals surface area contributed by atoms with Crippen LogP contribution in [-0.4, -0.2) is 36.0 Å². The predicted molar refractivity (Wildman–Crippen MR) is 175 cm³/mol. The van der Waals surface area contributed by atoms with Gasteiger partial charge in [0.1, 0.15) is 36.2 Å². The quantitative estimate of drug-likeness (QED) is 0.229. The molecule has 2 aliphatic rings. The number of carbonyl (C=O) groups is 2. The largest absolute Gasteiger partial charge is 0.490 e. The molecular weight excluding hydrogens is 552 g/mol. The number of hydrogen-bond acceptors (Lipinski definition) is 6. The van der Waals surface area contributed by atoms with Gasteiger partial charge in [-0.3, -0.25) is 9.59 Å². The zero-order valence-corrected chi connectivity index (χ0v) is 27.2. The van der Waals surface area contributed by atoms with E-state index in [-0.39, 0.29) is 11.6 Å². The average Bonchev–Trinajstić information content (AvgIpc) is 3.44. The molecule has 0 saturated carbocycles. The lowest BCUT2D eigenvalue weighted by atomic mass is 9.91. The standard InChI is InChI=1S/C38H44O6/c1-9-31(27-11-15-29(16-12-27)41-21-19-25(3)33-23-35(39)37(5,6)43-33)32(10-2)28-13-17-30(18-14-28)42-22-20-26(4)34-24-36(40)38(7,8)44-34/h11-20,23-24H,9-10,21-22H2,1-8H3/b25-19+,26-20+,32-31+. The van der Waals surface area contributed by atoms with Crippen molar-refractivity contribution in [3.05, 3.63) is 107 Å². The molecule has 0 unspecified atom stereocenters. The van der Waals surface area contributed by atoms with Gasteiger partial charge in [0.05, 0.1) is 0 Å². The minimum Gasteiger partial charge on any atom is -0.490 e. The highest BCUT2D eigenvalue weighted by atomic mass is 16.5. The zero-order chi connectivity index (χ0) is 32.1. The second kappa shape index (κ2) is 13.5. The number of hydrogen-bond donors (Lipinski definition) is 0. The Kier molecular flexibility index (Phi) is 10.0. The van der Waals surface area contributed by atoms with E-state index >= 15 is 0 Å². The van der Waals surface area contributed by atoms with E-state index in [1.165, 1.54) is 22.3 Å². The summed E-state index contributed by atoms with van der Waals surface area (Å²) in [7, 11) is 0. The summed E-state index contributed by atoms with van der Waals surface area (Å²) in [5.74, 6) is 2.71. The molecule has 0 fully saturated rings. The minimum absolute atomic E-state index is 0.0246. The second-order valence-corrected chi connectivity index (χ2v) is 12.1. The first-order chi connectivity index (χ1) is 20.8. The molecule has 6 heteroatoms. The summed E-state index contributed by atoms with van der Waals surface area (Å²) in [6.45, 7) is 16.1. The van der Waals surface area contributed by atoms with Gasteiger partial charge in [-0.1, -0.05) is 38.1 Å². The van der Waals surface area contributed by atoms with Gasteiger partial charge in [0.2, 0.25) is 11.6 Å². The molecule has 232 valence electrons. The van der Waals surface area contributed by atoms with Gasteiger partial charge in [0, 0.05) is 12.2 Å². The average molecular weight is 597 g/mol. The van der Waals surface area contributed by atoms with E-state index in [4.69, 9.17) is 18.9 Å². The number of allylic oxidation sites excluding steroid dienone is 4. The highest BCUT2D eigenvalue weighted by Crippen LogP contribution is 2.34. The van der Waals surface area contributed by atoms with E-state index in [0.717, 1.165) is 35.5 Å². The summed E-state index contributed by atoms with van der Waals surface area (Å²) in [5.41, 5.74) is 5.07. The van der Waals surface area contributed by atoms with E-state index in [9.17, 15) is 9.59 Å². The van der Waals surface area contributed by atoms with Crippen molar-refractivity contribution >= 4 is 22.7 Å². The van der Waals surface area contributed by atoms with Crippen LogP contribution in [0.1, 0.15) is 79.4 Å². The van der Waals surface area contributed by atoms with Crippen molar-refractivity contribution < 1.29 is 28.5 Å². The highest BCUT2D eigenvalue weighted by Gasteiger charge is 2.36. The van der Waals surface area contributed by atoms with Gasteiger partial charge >= 0.3 is 0 Å². The predicted octanol–water partition coefficient (Wildman–Crippen LogP) is 8.59. The maximum Gasteiger partial charge on any atom is 0.202 e. The van der Waals surface area contributed by atoms with Crippen molar-refractivity contribution in [2.45, 2.75) is 79.4 Å². The Hall–Kier alpha value is -4.32. The molecule has 0 atom stereocenters. The lowest BCUT2D eigenvalue weighted by molar-refractivity contribution is -0.127. The summed E-state index contributed by atoms with van der Waals surface area (Å²) in [4.78, 5) is 24.1. The molecule has 6 nitrogen and oxygen atoms in total. The molecule has 0 saturated heterocycles. The Morgan fingerprint density at radius 2 is 0.977 bits per heavy atom. The molecule has 0 radical (unpaired) electrons. The third-order valence-electron chi connectivity index (χ3n) is 7.97. The molecule has 2 heterocycles. The lowest BCUT2D eigenvalue weighted by Gasteiger charge is -2.18. The topological polar surface area (TPSA) is 71.1 Å². The summed E-state index contributed by atoms with van der Waals surface area (Å²) < 4.78 is 23.4. The van der Waals surface area contributed by atoms with E-state index in [1.54, 1.807) is 39.8 Å². The van der Waals surface area contributed by atoms with Gasteiger partial charge in [0.25, 0.3) is 0 Å². The van der Waals surface area contributed by atoms with Crippen LogP contribution in [0.5, 0.6) is 11.5 Å². The number of carbonyl (C=O) groups excluding carboxylic acids is 2. The fourth-order valence-electron chi connectivity index (χ4n) is 5.10. The van der Waals surface area contributed by atoms with Crippen LogP contribution in [0.15, 0.2) is 95.5 Å². The molecule has 0 bridgehead atoms. The first-order valence-corrected chi connectivity index (χ1v) is 15.3. The molecule has 0 N–H and O–H groups in total. The smallest absolute Gasteiger partial charge is 0.202 e. The zero-order valence-electron chi connectivity index (χ0n) is 27.2. The Morgan fingerprint density at radius 1 is 0.636 bits per heavy atom. The van der Waals surface area contributed by atoms with Gasteiger partial charge in [-0.25, -0.2) is 0 Å². The van der Waals surface area contributed by atoms with Gasteiger partial charge in [-0.15, -0.1) is 0 Å². The fraction of sp³-hybridized carbons (Fsp3) is 0.368. The number of ketones is 2. The van der Waals surface area contributed by atoms with Crippen LogP contribution >= 0.6 is 0 Å². The molecule has 0 aliphatic carbocycles. The third kappa shape index (κ3) is 7.60. The van der Waals surface area contributed by atoms with Gasteiger partial charge in [-0.05, 0) is 124 Å². The van der Waals surface area contributed by atoms with Crippen LogP contribution in [-0.2, 0) is 19.1 Å². The molecule has 2 aromatic carbocycles. The molecule has 4 rings (SSSR count). The summed E-state index contributed by atoms with van der Waals surface area (Å²) in [6.07, 6.45) is 8.76. The Bertz CT molecular complexity index is 1430. The number of rotatable bonds is 12. The maximum atomic E-state index is 12.0. The molecule has 0 amide bonds. The number of benzene rings is 2. The van der Waals surface area contributed by atoms with Crippen LogP contribution < -0.4 is 9.47 Å². The monoisotopic (exact) mass is 596 g/mol. The SMILES string of the molecule is CC/C(=C(/CC)c1ccc(OC/C=C(\C)C2=CC(=O)C(C)(C)O2)cc1)c1ccc(OC/C=C(\C)C2=CC(=O)C(C)(C)O2)cc1. The molecule has 0 aromatic heterocycles. The summed E-state index contributed by atoms with van der Waals surface area (Å²) in [6, 6.07) is 16.4. The van der Waals surface area contributed by atoms with Crippen LogP contribution in [0.3, 0.4) is 0 Å². The first kappa shape index (κ1) is 32.6. The fourth-order valence-corrected chi connectivity index (χ4v) is 5.10. The van der Waals surface area contributed by atoms with Crippen LogP contribution in [0.2, 0.25) is 0 Å². The van der Waals surface area contributed by atoms with Crippen molar-refractivity contribution in [1.82, 2.24) is 0 Å². The van der Waals surface area contributed by atoms with E-state index in [2.05, 4.69) is 38.1 Å². The van der Waals surface area contributed by atoms with Crippen LogP contribution in [0, 0.1) is 0 Å². The maximum absolute atomic E-state index is 12.0. The van der Waals surface area contributed by atoms with Gasteiger partial charge in [0.15, 0.2) is 11.2 Å². The van der Waals surface area contributed by atoms with Crippen molar-refractivity contribution in [3.63, 3.8) is 0 Å². The Morgan fingerprint density at radius 3 is 1.25 bits per heavy atom. The normalized spacial score (nSPS) is 18.3. The summed E-state index contributed by atoms with van der Waals surface area (Å²) in [5, 5.41) is 0. The molecule has 0 spiro atoms. The summed E-state index contributed by atoms with van der Waals surface area (Å²) >= 11 is 0. The van der Waals surface area contributed by atoms with Crippen molar-refractivity contribution in [3.8, 4) is 11.5 Å². The Balaban J connectivity index is 1.38. The second-order valence-electron chi connectivity index (χ2n) is 12.1. The van der Waals surface area contributed by atoms with E-state index < -0.39 is 11.2 Å². The van der Waals surface area contributed by atoms with Gasteiger partial charge in [-0.2, -0.15) is 0 Å². The van der Waals surface area contributed by atoms with Crippen molar-refractivity contribution in [2.75, 3.05) is 13.2 Å². The minimum atomic E-state index is -0.805. The lowest BCUT2D eigenvalue weighted by Crippen LogP contribution is -2.27. The first-order valence-electron chi connectivity index (χ1n) is 15.3. The Labute approximate surface area is 261 Å². The number of ether oxygens (including phenoxy) is 4.